The van der Waals surface area contributed by atoms with Crippen LogP contribution in [0.2, 0.25) is 0 Å². The Bertz CT molecular complexity index is 2810. The standard InChI is InChI=1S/C20H18O4.C14H14O4.2C13H13NO.2CH5N.2CH4/c1-11(21)17-7-5-15(9-19(17)13(3)23)16-6-8-18(12(2)22)20(10-16)14(4)24;1-7(15)11-5-13(9(3)17)14(10(4)18)6-12(11)8(2)16;2*1-10-2-6-12(7-3-10)15-13-8-4-11(14)5-9-13;2*1-2;;/h5-10H,1-4H3;5-6H,1-4H3;2*2-9H,14H2,1H3;2*2H2,1H3;2*1H4. The van der Waals surface area contributed by atoms with Gasteiger partial charge in [-0.3, -0.25) is 38.4 Å². The molecule has 7 aromatic carbocycles. The second kappa shape index (κ2) is 33.8. The maximum absolute atomic E-state index is 11.8. The number of rotatable bonds is 13. The van der Waals surface area contributed by atoms with E-state index >= 15 is 0 Å². The Morgan fingerprint density at radius 3 is 0.679 bits per heavy atom. The average Bonchev–Trinajstić information content (AvgIpc) is 3.39. The van der Waals surface area contributed by atoms with E-state index in [1.165, 1.54) is 92.7 Å². The molecule has 8 N–H and O–H groups in total. The van der Waals surface area contributed by atoms with Crippen molar-refractivity contribution in [3.8, 4) is 34.1 Å². The summed E-state index contributed by atoms with van der Waals surface area (Å²) in [6.45, 7) is 15.0. The van der Waals surface area contributed by atoms with Gasteiger partial charge < -0.3 is 32.4 Å². The zero-order valence-corrected chi connectivity index (χ0v) is 45.2. The number of benzene rings is 7. The number of hydrogen-bond acceptors (Lipinski definition) is 14. The van der Waals surface area contributed by atoms with E-state index in [9.17, 15) is 38.4 Å². The van der Waals surface area contributed by atoms with E-state index in [1.54, 1.807) is 36.4 Å². The summed E-state index contributed by atoms with van der Waals surface area (Å²) in [5, 5.41) is 0. The summed E-state index contributed by atoms with van der Waals surface area (Å²) in [4.78, 5) is 92.9. The zero-order chi connectivity index (χ0) is 57.4. The molecule has 412 valence electrons. The Morgan fingerprint density at radius 2 is 0.474 bits per heavy atom. The Kier molecular flexibility index (Phi) is 29.9. The first-order chi connectivity index (χ1) is 35.9. The van der Waals surface area contributed by atoms with Gasteiger partial charge in [-0.05, 0) is 192 Å². The Balaban J connectivity index is 0.000000999. The van der Waals surface area contributed by atoms with E-state index in [1.807, 2.05) is 111 Å². The van der Waals surface area contributed by atoms with Crippen molar-refractivity contribution in [3.05, 3.63) is 201 Å². The minimum atomic E-state index is -0.308. The van der Waals surface area contributed by atoms with Gasteiger partial charge in [0.1, 0.15) is 23.0 Å². The molecule has 0 atom stereocenters. The minimum Gasteiger partial charge on any atom is -0.457 e. The summed E-state index contributed by atoms with van der Waals surface area (Å²) < 4.78 is 11.3. The van der Waals surface area contributed by atoms with Crippen molar-refractivity contribution in [2.75, 3.05) is 25.6 Å². The van der Waals surface area contributed by atoms with Gasteiger partial charge in [-0.1, -0.05) is 74.5 Å². The molecule has 0 fully saturated rings. The lowest BCUT2D eigenvalue weighted by atomic mass is 9.91. The third-order valence-corrected chi connectivity index (χ3v) is 10.8. The molecule has 0 saturated carbocycles. The van der Waals surface area contributed by atoms with Crippen LogP contribution in [0.5, 0.6) is 23.0 Å². The maximum Gasteiger partial charge on any atom is 0.160 e. The number of nitrogens with two attached hydrogens (primary N) is 4. The first-order valence-electron chi connectivity index (χ1n) is 23.8. The van der Waals surface area contributed by atoms with Crippen molar-refractivity contribution < 1.29 is 47.8 Å². The van der Waals surface area contributed by atoms with E-state index < -0.39 is 0 Å². The van der Waals surface area contributed by atoms with Gasteiger partial charge >= 0.3 is 0 Å². The van der Waals surface area contributed by atoms with Crippen LogP contribution < -0.4 is 32.4 Å². The lowest BCUT2D eigenvalue weighted by Crippen LogP contribution is -2.12. The van der Waals surface area contributed by atoms with Gasteiger partial charge in [0.25, 0.3) is 0 Å². The number of anilines is 2. The predicted molar refractivity (Wildman–Crippen MR) is 316 cm³/mol. The van der Waals surface area contributed by atoms with Crippen LogP contribution >= 0.6 is 0 Å². The van der Waals surface area contributed by atoms with Crippen molar-refractivity contribution in [2.24, 2.45) is 11.5 Å². The third-order valence-electron chi connectivity index (χ3n) is 10.8. The largest absolute Gasteiger partial charge is 0.457 e. The number of carbonyl (C=O) groups excluding carboxylic acids is 8. The van der Waals surface area contributed by atoms with Crippen LogP contribution in [0.15, 0.2) is 146 Å². The summed E-state index contributed by atoms with van der Waals surface area (Å²) in [5.74, 6) is 1.29. The summed E-state index contributed by atoms with van der Waals surface area (Å²) >= 11 is 0. The van der Waals surface area contributed by atoms with E-state index in [0.717, 1.165) is 34.4 Å². The first-order valence-corrected chi connectivity index (χ1v) is 23.8. The van der Waals surface area contributed by atoms with Crippen molar-refractivity contribution in [1.29, 1.82) is 0 Å². The van der Waals surface area contributed by atoms with E-state index in [4.69, 9.17) is 20.9 Å². The second-order valence-corrected chi connectivity index (χ2v) is 16.9. The molecule has 14 nitrogen and oxygen atoms in total. The van der Waals surface area contributed by atoms with Gasteiger partial charge in [-0.25, -0.2) is 0 Å². The number of ketones is 8. The molecule has 0 aliphatic heterocycles. The number of ether oxygens (including phenoxy) is 2. The molecule has 0 radical (unpaired) electrons. The highest BCUT2D eigenvalue weighted by Gasteiger charge is 2.20. The van der Waals surface area contributed by atoms with E-state index in [2.05, 4.69) is 11.5 Å². The van der Waals surface area contributed by atoms with E-state index in [0.29, 0.717) is 33.4 Å². The summed E-state index contributed by atoms with van der Waals surface area (Å²) in [6.07, 6.45) is 0. The van der Waals surface area contributed by atoms with Gasteiger partial charge in [0.2, 0.25) is 0 Å². The Morgan fingerprint density at radius 1 is 0.282 bits per heavy atom. The van der Waals surface area contributed by atoms with Crippen LogP contribution in [0.25, 0.3) is 11.1 Å². The molecular weight excluding hydrogens is 985 g/mol. The van der Waals surface area contributed by atoms with Gasteiger partial charge in [0.15, 0.2) is 46.3 Å². The Labute approximate surface area is 460 Å². The number of Topliss-reactive ketones (excluding diaryl/α,β-unsaturated/α-hetero) is 8. The van der Waals surface area contributed by atoms with Gasteiger partial charge in [-0.15, -0.1) is 0 Å². The van der Waals surface area contributed by atoms with Crippen molar-refractivity contribution >= 4 is 57.6 Å². The molecule has 78 heavy (non-hydrogen) atoms. The molecule has 0 aliphatic rings. The summed E-state index contributed by atoms with van der Waals surface area (Å²) in [6, 6.07) is 43.2. The molecule has 7 rings (SSSR count). The van der Waals surface area contributed by atoms with Gasteiger partial charge in [0.05, 0.1) is 0 Å². The molecule has 0 saturated heterocycles. The molecule has 0 amide bonds. The number of aryl methyl sites for hydroxylation is 2. The molecule has 0 aromatic heterocycles. The fourth-order valence-electron chi connectivity index (χ4n) is 6.97. The average molecular weight is 1060 g/mol. The van der Waals surface area contributed by atoms with Crippen LogP contribution in [-0.4, -0.2) is 60.4 Å². The number of hydrogen-bond donors (Lipinski definition) is 4. The molecule has 0 bridgehead atoms. The molecular formula is C64H76N4O10. The van der Waals surface area contributed by atoms with Crippen LogP contribution in [0.1, 0.15) is 164 Å². The SMILES string of the molecule is C.C.CC(=O)c1cc(C(C)=O)c(C(C)=O)cc1C(C)=O.CC(=O)c1ccc(-c2ccc(C(C)=O)c(C(C)=O)c2)cc1C(C)=O.CN.CN.Cc1ccc(Oc2ccc(N)cc2)cc1.Cc1ccc(Oc2ccc(N)cc2)cc1. The van der Waals surface area contributed by atoms with E-state index in [-0.39, 0.29) is 83.4 Å². The predicted octanol–water partition coefficient (Wildman–Crippen LogP) is 13.8. The minimum absolute atomic E-state index is 0. The van der Waals surface area contributed by atoms with Gasteiger partial charge in [0, 0.05) is 55.9 Å². The zero-order valence-electron chi connectivity index (χ0n) is 45.2. The quantitative estimate of drug-likeness (QED) is 0.0619. The van der Waals surface area contributed by atoms with Crippen LogP contribution in [-0.2, 0) is 0 Å². The van der Waals surface area contributed by atoms with Crippen molar-refractivity contribution in [3.63, 3.8) is 0 Å². The lowest BCUT2D eigenvalue weighted by molar-refractivity contribution is 0.0970. The molecule has 0 spiro atoms. The van der Waals surface area contributed by atoms with Gasteiger partial charge in [-0.2, -0.15) is 0 Å². The fourth-order valence-corrected chi connectivity index (χ4v) is 6.97. The Hall–Kier alpha value is -8.98. The smallest absolute Gasteiger partial charge is 0.160 e. The topological polar surface area (TPSA) is 259 Å². The monoisotopic (exact) mass is 1060 g/mol. The highest BCUT2D eigenvalue weighted by molar-refractivity contribution is 6.14. The second-order valence-electron chi connectivity index (χ2n) is 16.9. The normalized spacial score (nSPS) is 9.46. The maximum atomic E-state index is 11.8. The van der Waals surface area contributed by atoms with Crippen LogP contribution in [0.3, 0.4) is 0 Å². The molecule has 7 aromatic rings. The fraction of sp³-hybridized carbons (Fsp3) is 0.219. The number of nitrogen functional groups attached to an aromatic ring is 2. The highest BCUT2D eigenvalue weighted by atomic mass is 16.5. The summed E-state index contributed by atoms with van der Waals surface area (Å²) in [7, 11) is 3.00. The first kappa shape index (κ1) is 69.0. The third kappa shape index (κ3) is 21.3. The lowest BCUT2D eigenvalue weighted by Gasteiger charge is -2.10. The summed E-state index contributed by atoms with van der Waals surface area (Å²) in [5.41, 5.74) is 27.7. The highest BCUT2D eigenvalue weighted by Crippen LogP contribution is 2.28. The van der Waals surface area contributed by atoms with Crippen molar-refractivity contribution in [1.82, 2.24) is 0 Å². The van der Waals surface area contributed by atoms with Crippen LogP contribution in [0, 0.1) is 13.8 Å². The number of carbonyl (C=O) groups is 8. The van der Waals surface area contributed by atoms with Crippen molar-refractivity contribution in [2.45, 2.75) is 84.1 Å². The molecule has 14 heteroatoms. The molecule has 0 heterocycles. The molecule has 0 aliphatic carbocycles. The molecule has 0 unspecified atom stereocenters. The van der Waals surface area contributed by atoms with Crippen LogP contribution in [0.4, 0.5) is 11.4 Å².